The highest BCUT2D eigenvalue weighted by molar-refractivity contribution is 5.82. The molecular formula is C12H20N2O4. The molecule has 2 aliphatic carbocycles. The molecule has 0 aromatic carbocycles. The van der Waals surface area contributed by atoms with Crippen LogP contribution in [0.15, 0.2) is 0 Å². The Hall–Kier alpha value is -1.30. The molecule has 0 saturated heterocycles. The van der Waals surface area contributed by atoms with Crippen LogP contribution < -0.4 is 5.32 Å². The summed E-state index contributed by atoms with van der Waals surface area (Å²) in [4.78, 5) is 24.7. The summed E-state index contributed by atoms with van der Waals surface area (Å²) in [5.74, 6) is -0.503. The van der Waals surface area contributed by atoms with Crippen molar-refractivity contribution >= 4 is 12.0 Å². The van der Waals surface area contributed by atoms with Crippen LogP contribution >= 0.6 is 0 Å². The van der Waals surface area contributed by atoms with Gasteiger partial charge >= 0.3 is 12.0 Å². The number of carboxylic acids is 1. The van der Waals surface area contributed by atoms with E-state index < -0.39 is 12.0 Å². The zero-order chi connectivity index (χ0) is 13.1. The quantitative estimate of drug-likeness (QED) is 0.615. The van der Waals surface area contributed by atoms with Crippen LogP contribution in [0.5, 0.6) is 0 Å². The van der Waals surface area contributed by atoms with Gasteiger partial charge in [0.05, 0.1) is 0 Å². The van der Waals surface area contributed by atoms with Gasteiger partial charge in [-0.3, -0.25) is 0 Å². The van der Waals surface area contributed by atoms with Crippen molar-refractivity contribution in [2.45, 2.75) is 44.2 Å². The molecular weight excluding hydrogens is 236 g/mol. The average Bonchev–Trinajstić information content (AvgIpc) is 3.16. The van der Waals surface area contributed by atoms with E-state index in [9.17, 15) is 9.59 Å². The maximum absolute atomic E-state index is 12.0. The molecule has 2 fully saturated rings. The highest BCUT2D eigenvalue weighted by Gasteiger charge is 2.37. The topological polar surface area (TPSA) is 89.9 Å². The molecule has 0 spiro atoms. The number of aliphatic carboxylic acids is 1. The van der Waals surface area contributed by atoms with Crippen molar-refractivity contribution in [2.24, 2.45) is 5.92 Å². The van der Waals surface area contributed by atoms with Gasteiger partial charge in [0.1, 0.15) is 6.04 Å². The summed E-state index contributed by atoms with van der Waals surface area (Å²) >= 11 is 0. The molecule has 0 radical (unpaired) electrons. The number of urea groups is 1. The fourth-order valence-corrected chi connectivity index (χ4v) is 1.98. The molecule has 0 aromatic heterocycles. The Kier molecular flexibility index (Phi) is 4.06. The van der Waals surface area contributed by atoms with E-state index in [-0.39, 0.29) is 25.1 Å². The number of amides is 2. The first kappa shape index (κ1) is 13.1. The zero-order valence-electron chi connectivity index (χ0n) is 10.3. The minimum Gasteiger partial charge on any atom is -0.480 e. The number of hydrogen-bond acceptors (Lipinski definition) is 3. The van der Waals surface area contributed by atoms with Crippen LogP contribution in [0.4, 0.5) is 4.79 Å². The fraction of sp³-hybridized carbons (Fsp3) is 0.833. The molecule has 0 aliphatic heterocycles. The molecule has 2 amide bonds. The Labute approximate surface area is 106 Å². The molecule has 102 valence electrons. The van der Waals surface area contributed by atoms with Gasteiger partial charge in [0.2, 0.25) is 0 Å². The van der Waals surface area contributed by atoms with E-state index in [0.29, 0.717) is 5.92 Å². The van der Waals surface area contributed by atoms with Crippen LogP contribution in [0.25, 0.3) is 0 Å². The van der Waals surface area contributed by atoms with Gasteiger partial charge in [0.15, 0.2) is 0 Å². The lowest BCUT2D eigenvalue weighted by molar-refractivity contribution is -0.139. The SMILES string of the molecule is O=C(O)C(CCO)NC(=O)N(CC1CC1)C1CC1. The Morgan fingerprint density at radius 2 is 1.94 bits per heavy atom. The van der Waals surface area contributed by atoms with E-state index in [1.165, 1.54) is 0 Å². The summed E-state index contributed by atoms with van der Waals surface area (Å²) in [5.41, 5.74) is 0. The van der Waals surface area contributed by atoms with Gasteiger partial charge in [-0.05, 0) is 31.6 Å². The van der Waals surface area contributed by atoms with E-state index in [4.69, 9.17) is 10.2 Å². The van der Waals surface area contributed by atoms with Gasteiger partial charge in [-0.25, -0.2) is 9.59 Å². The van der Waals surface area contributed by atoms with E-state index >= 15 is 0 Å². The summed E-state index contributed by atoms with van der Waals surface area (Å²) in [6.45, 7) is 0.491. The van der Waals surface area contributed by atoms with Gasteiger partial charge in [-0.15, -0.1) is 0 Å². The number of aliphatic hydroxyl groups excluding tert-OH is 1. The lowest BCUT2D eigenvalue weighted by Gasteiger charge is -2.24. The predicted octanol–water partition coefficient (Wildman–Crippen LogP) is 0.406. The molecule has 0 aromatic rings. The van der Waals surface area contributed by atoms with Gasteiger partial charge < -0.3 is 20.4 Å². The Balaban J connectivity index is 1.88. The molecule has 2 saturated carbocycles. The zero-order valence-corrected chi connectivity index (χ0v) is 10.3. The van der Waals surface area contributed by atoms with Crippen molar-refractivity contribution in [3.63, 3.8) is 0 Å². The number of hydrogen-bond donors (Lipinski definition) is 3. The molecule has 2 rings (SSSR count). The monoisotopic (exact) mass is 256 g/mol. The van der Waals surface area contributed by atoms with Crippen LogP contribution in [0.2, 0.25) is 0 Å². The van der Waals surface area contributed by atoms with Crippen molar-refractivity contribution in [1.29, 1.82) is 0 Å². The van der Waals surface area contributed by atoms with E-state index in [0.717, 1.165) is 32.2 Å². The van der Waals surface area contributed by atoms with Crippen LogP contribution in [0, 0.1) is 5.92 Å². The number of carbonyl (C=O) groups excluding carboxylic acids is 1. The normalized spacial score (nSPS) is 20.3. The van der Waals surface area contributed by atoms with Crippen LogP contribution in [-0.2, 0) is 4.79 Å². The second-order valence-electron chi connectivity index (χ2n) is 5.18. The van der Waals surface area contributed by atoms with Gasteiger partial charge in [0.25, 0.3) is 0 Å². The molecule has 1 atom stereocenters. The third-order valence-electron chi connectivity index (χ3n) is 3.41. The molecule has 2 aliphatic rings. The molecule has 3 N–H and O–H groups in total. The molecule has 0 heterocycles. The smallest absolute Gasteiger partial charge is 0.326 e. The maximum Gasteiger partial charge on any atom is 0.326 e. The summed E-state index contributed by atoms with van der Waals surface area (Å²) < 4.78 is 0. The van der Waals surface area contributed by atoms with Gasteiger partial charge in [-0.1, -0.05) is 0 Å². The van der Waals surface area contributed by atoms with E-state index in [2.05, 4.69) is 5.32 Å². The molecule has 1 unspecified atom stereocenters. The van der Waals surface area contributed by atoms with Crippen molar-refractivity contribution in [2.75, 3.05) is 13.2 Å². The predicted molar refractivity (Wildman–Crippen MR) is 64.1 cm³/mol. The molecule has 6 heteroatoms. The van der Waals surface area contributed by atoms with Crippen LogP contribution in [0.1, 0.15) is 32.1 Å². The molecule has 6 nitrogen and oxygen atoms in total. The summed E-state index contributed by atoms with van der Waals surface area (Å²) in [6, 6.07) is -1.01. The maximum atomic E-state index is 12.0. The van der Waals surface area contributed by atoms with E-state index in [1.54, 1.807) is 4.90 Å². The third-order valence-corrected chi connectivity index (χ3v) is 3.41. The summed E-state index contributed by atoms with van der Waals surface area (Å²) in [6.07, 6.45) is 4.39. The largest absolute Gasteiger partial charge is 0.480 e. The first-order valence-electron chi connectivity index (χ1n) is 6.52. The number of rotatable bonds is 7. The lowest BCUT2D eigenvalue weighted by atomic mass is 10.2. The molecule has 18 heavy (non-hydrogen) atoms. The van der Waals surface area contributed by atoms with Crippen LogP contribution in [0.3, 0.4) is 0 Å². The Bertz CT molecular complexity index is 326. The van der Waals surface area contributed by atoms with Crippen molar-refractivity contribution in [3.05, 3.63) is 0 Å². The number of carbonyl (C=O) groups is 2. The average molecular weight is 256 g/mol. The van der Waals surface area contributed by atoms with Crippen molar-refractivity contribution in [3.8, 4) is 0 Å². The summed E-state index contributed by atoms with van der Waals surface area (Å²) in [5, 5.41) is 20.2. The van der Waals surface area contributed by atoms with Gasteiger partial charge in [-0.2, -0.15) is 0 Å². The Morgan fingerprint density at radius 1 is 1.28 bits per heavy atom. The highest BCUT2D eigenvalue weighted by atomic mass is 16.4. The third kappa shape index (κ3) is 3.60. The number of carboxylic acid groups (broad SMARTS) is 1. The standard InChI is InChI=1S/C12H20N2O4/c15-6-5-10(11(16)17)13-12(18)14(9-3-4-9)7-8-1-2-8/h8-10,15H,1-7H2,(H,13,18)(H,16,17). The number of aliphatic hydroxyl groups is 1. The number of nitrogens with one attached hydrogen (secondary N) is 1. The second kappa shape index (κ2) is 5.56. The molecule has 0 bridgehead atoms. The lowest BCUT2D eigenvalue weighted by Crippen LogP contribution is -2.49. The van der Waals surface area contributed by atoms with Crippen molar-refractivity contribution < 1.29 is 19.8 Å². The first-order chi connectivity index (χ1) is 8.61. The number of nitrogens with zero attached hydrogens (tertiary/aromatic N) is 1. The minimum atomic E-state index is -1.10. The van der Waals surface area contributed by atoms with E-state index in [1.807, 2.05) is 0 Å². The van der Waals surface area contributed by atoms with Crippen molar-refractivity contribution in [1.82, 2.24) is 10.2 Å². The first-order valence-corrected chi connectivity index (χ1v) is 6.52. The Morgan fingerprint density at radius 3 is 2.39 bits per heavy atom. The highest BCUT2D eigenvalue weighted by Crippen LogP contribution is 2.34. The van der Waals surface area contributed by atoms with Crippen LogP contribution in [-0.4, -0.2) is 52.3 Å². The second-order valence-corrected chi connectivity index (χ2v) is 5.18. The van der Waals surface area contributed by atoms with Gasteiger partial charge in [0, 0.05) is 25.6 Å². The summed E-state index contributed by atoms with van der Waals surface area (Å²) in [7, 11) is 0. The minimum absolute atomic E-state index is 0.0447. The fourth-order valence-electron chi connectivity index (χ4n) is 1.98.